The lowest BCUT2D eigenvalue weighted by Crippen LogP contribution is -2.32. The van der Waals surface area contributed by atoms with Gasteiger partial charge in [-0.25, -0.2) is 0 Å². The molecule has 1 saturated heterocycles. The molecule has 0 bridgehead atoms. The first-order chi connectivity index (χ1) is 9.81. The summed E-state index contributed by atoms with van der Waals surface area (Å²) in [7, 11) is 0. The molecular formula is C14H21N3O3. The van der Waals surface area contributed by atoms with Crippen LogP contribution in [0.4, 0.5) is 0 Å². The third kappa shape index (κ3) is 3.36. The van der Waals surface area contributed by atoms with Crippen LogP contribution in [0.5, 0.6) is 0 Å². The van der Waals surface area contributed by atoms with E-state index in [1.807, 2.05) is 0 Å². The summed E-state index contributed by atoms with van der Waals surface area (Å²) >= 11 is 0. The number of aryl methyl sites for hydroxylation is 1. The minimum Gasteiger partial charge on any atom is -0.381 e. The number of nitrogens with zero attached hydrogens (tertiary/aromatic N) is 2. The highest BCUT2D eigenvalue weighted by Crippen LogP contribution is 2.22. The minimum atomic E-state index is 0.0841. The Balaban J connectivity index is 1.44. The van der Waals surface area contributed by atoms with Crippen molar-refractivity contribution in [2.45, 2.75) is 56.9 Å². The largest absolute Gasteiger partial charge is 0.381 e. The number of rotatable bonds is 5. The molecular weight excluding hydrogens is 258 g/mol. The average molecular weight is 279 g/mol. The Kier molecular flexibility index (Phi) is 4.30. The number of carbonyl (C=O) groups is 1. The Morgan fingerprint density at radius 1 is 1.30 bits per heavy atom. The summed E-state index contributed by atoms with van der Waals surface area (Å²) in [5.74, 6) is 1.60. The normalized spacial score (nSPS) is 23.3. The van der Waals surface area contributed by atoms with Gasteiger partial charge in [-0.1, -0.05) is 18.0 Å². The Labute approximate surface area is 118 Å². The van der Waals surface area contributed by atoms with Gasteiger partial charge in [-0.05, 0) is 19.3 Å². The fraction of sp³-hybridized carbons (Fsp3) is 0.786. The first-order valence-corrected chi connectivity index (χ1v) is 7.51. The first kappa shape index (κ1) is 13.5. The van der Waals surface area contributed by atoms with Gasteiger partial charge in [0, 0.05) is 31.4 Å². The molecule has 0 spiro atoms. The van der Waals surface area contributed by atoms with Gasteiger partial charge in [0.05, 0.1) is 6.61 Å². The molecule has 2 aliphatic rings. The molecule has 0 radical (unpaired) electrons. The van der Waals surface area contributed by atoms with E-state index in [1.54, 1.807) is 0 Å². The summed E-state index contributed by atoms with van der Waals surface area (Å²) in [5.41, 5.74) is 0. The van der Waals surface area contributed by atoms with E-state index in [1.165, 1.54) is 12.8 Å². The van der Waals surface area contributed by atoms with Crippen LogP contribution in [0.2, 0.25) is 0 Å². The third-order valence-corrected chi connectivity index (χ3v) is 4.06. The summed E-state index contributed by atoms with van der Waals surface area (Å²) < 4.78 is 10.5. The fourth-order valence-corrected chi connectivity index (χ4v) is 2.86. The Morgan fingerprint density at radius 3 is 2.90 bits per heavy atom. The van der Waals surface area contributed by atoms with Crippen molar-refractivity contribution in [2.75, 3.05) is 13.2 Å². The predicted molar refractivity (Wildman–Crippen MR) is 71.2 cm³/mol. The van der Waals surface area contributed by atoms with Crippen LogP contribution in [-0.2, 0) is 16.0 Å². The molecule has 1 atom stereocenters. The lowest BCUT2D eigenvalue weighted by atomic mass is 10.1. The van der Waals surface area contributed by atoms with Gasteiger partial charge in [0.25, 0.3) is 0 Å². The lowest BCUT2D eigenvalue weighted by Gasteiger charge is -2.10. The van der Waals surface area contributed by atoms with E-state index < -0.39 is 0 Å². The summed E-state index contributed by atoms with van der Waals surface area (Å²) in [4.78, 5) is 16.2. The Bertz CT molecular complexity index is 448. The van der Waals surface area contributed by atoms with Crippen LogP contribution in [0.1, 0.15) is 56.2 Å². The second-order valence-electron chi connectivity index (χ2n) is 5.66. The Morgan fingerprint density at radius 2 is 2.15 bits per heavy atom. The van der Waals surface area contributed by atoms with Crippen LogP contribution in [0, 0.1) is 0 Å². The topological polar surface area (TPSA) is 77.2 Å². The van der Waals surface area contributed by atoms with Crippen LogP contribution in [0.15, 0.2) is 4.52 Å². The lowest BCUT2D eigenvalue weighted by molar-refractivity contribution is -0.121. The van der Waals surface area contributed by atoms with E-state index in [0.717, 1.165) is 25.9 Å². The number of nitrogens with one attached hydrogen (secondary N) is 1. The highest BCUT2D eigenvalue weighted by Gasteiger charge is 2.23. The number of ether oxygens (including phenoxy) is 1. The van der Waals surface area contributed by atoms with Crippen molar-refractivity contribution in [3.8, 4) is 0 Å². The molecule has 1 saturated carbocycles. The van der Waals surface area contributed by atoms with Crippen molar-refractivity contribution in [3.63, 3.8) is 0 Å². The van der Waals surface area contributed by atoms with E-state index in [-0.39, 0.29) is 11.8 Å². The van der Waals surface area contributed by atoms with Crippen molar-refractivity contribution >= 4 is 5.91 Å². The SMILES string of the molecule is O=C(CCc1nc([C@@H]2CCOC2)no1)NC1CCCC1. The molecule has 20 heavy (non-hydrogen) atoms. The molecule has 1 aliphatic heterocycles. The van der Waals surface area contributed by atoms with E-state index in [0.29, 0.717) is 37.2 Å². The molecule has 6 nitrogen and oxygen atoms in total. The van der Waals surface area contributed by atoms with Gasteiger partial charge in [0.1, 0.15) is 0 Å². The number of carbonyl (C=O) groups excluding carboxylic acids is 1. The number of hydrogen-bond donors (Lipinski definition) is 1. The molecule has 2 fully saturated rings. The number of hydrogen-bond acceptors (Lipinski definition) is 5. The molecule has 2 heterocycles. The van der Waals surface area contributed by atoms with E-state index in [4.69, 9.17) is 9.26 Å². The van der Waals surface area contributed by atoms with Crippen LogP contribution in [0.3, 0.4) is 0 Å². The van der Waals surface area contributed by atoms with Gasteiger partial charge in [0.2, 0.25) is 11.8 Å². The summed E-state index contributed by atoms with van der Waals surface area (Å²) in [5, 5.41) is 7.04. The number of aromatic nitrogens is 2. The molecule has 0 aromatic carbocycles. The van der Waals surface area contributed by atoms with Crippen molar-refractivity contribution in [2.24, 2.45) is 0 Å². The van der Waals surface area contributed by atoms with Gasteiger partial charge in [0.15, 0.2) is 5.82 Å². The molecule has 1 aromatic heterocycles. The van der Waals surface area contributed by atoms with Crippen molar-refractivity contribution < 1.29 is 14.1 Å². The monoisotopic (exact) mass is 279 g/mol. The number of amides is 1. The van der Waals surface area contributed by atoms with Gasteiger partial charge >= 0.3 is 0 Å². The fourth-order valence-electron chi connectivity index (χ4n) is 2.86. The van der Waals surface area contributed by atoms with E-state index in [9.17, 15) is 4.79 Å². The van der Waals surface area contributed by atoms with Crippen LogP contribution < -0.4 is 5.32 Å². The standard InChI is InChI=1S/C14H21N3O3/c18-12(15-11-3-1-2-4-11)5-6-13-16-14(17-20-13)10-7-8-19-9-10/h10-11H,1-9H2,(H,15,18)/t10-/m1/s1. The van der Waals surface area contributed by atoms with Crippen molar-refractivity contribution in [3.05, 3.63) is 11.7 Å². The maximum atomic E-state index is 11.8. The third-order valence-electron chi connectivity index (χ3n) is 4.06. The second kappa shape index (κ2) is 6.35. The van der Waals surface area contributed by atoms with Crippen molar-refractivity contribution in [1.29, 1.82) is 0 Å². The van der Waals surface area contributed by atoms with Crippen LogP contribution in [0.25, 0.3) is 0 Å². The second-order valence-corrected chi connectivity index (χ2v) is 5.66. The van der Waals surface area contributed by atoms with Crippen LogP contribution in [-0.4, -0.2) is 35.3 Å². The van der Waals surface area contributed by atoms with Gasteiger partial charge in [-0.15, -0.1) is 0 Å². The molecule has 1 aliphatic carbocycles. The predicted octanol–water partition coefficient (Wildman–Crippen LogP) is 1.56. The molecule has 6 heteroatoms. The summed E-state index contributed by atoms with van der Waals surface area (Å²) in [6, 6.07) is 0.372. The first-order valence-electron chi connectivity index (χ1n) is 7.51. The highest BCUT2D eigenvalue weighted by molar-refractivity contribution is 5.76. The zero-order valence-electron chi connectivity index (χ0n) is 11.6. The molecule has 3 rings (SSSR count). The zero-order valence-corrected chi connectivity index (χ0v) is 11.6. The minimum absolute atomic E-state index is 0.0841. The van der Waals surface area contributed by atoms with Crippen LogP contribution >= 0.6 is 0 Å². The van der Waals surface area contributed by atoms with Gasteiger partial charge < -0.3 is 14.6 Å². The quantitative estimate of drug-likeness (QED) is 0.885. The van der Waals surface area contributed by atoms with Crippen molar-refractivity contribution in [1.82, 2.24) is 15.5 Å². The molecule has 110 valence electrons. The summed E-state index contributed by atoms with van der Waals surface area (Å²) in [6.07, 6.45) is 6.54. The molecule has 1 aromatic rings. The maximum absolute atomic E-state index is 11.8. The molecule has 0 unspecified atom stereocenters. The van der Waals surface area contributed by atoms with Gasteiger partial charge in [-0.3, -0.25) is 4.79 Å². The highest BCUT2D eigenvalue weighted by atomic mass is 16.5. The maximum Gasteiger partial charge on any atom is 0.227 e. The van der Waals surface area contributed by atoms with E-state index in [2.05, 4.69) is 15.5 Å². The van der Waals surface area contributed by atoms with Gasteiger partial charge in [-0.2, -0.15) is 4.98 Å². The van der Waals surface area contributed by atoms with E-state index >= 15 is 0 Å². The average Bonchev–Trinajstić information content (AvgIpc) is 3.18. The molecule has 1 N–H and O–H groups in total. The smallest absolute Gasteiger partial charge is 0.227 e. The molecule has 1 amide bonds. The Hall–Kier alpha value is -1.43. The zero-order chi connectivity index (χ0) is 13.8. The summed E-state index contributed by atoms with van der Waals surface area (Å²) in [6.45, 7) is 1.43.